The van der Waals surface area contributed by atoms with Crippen LogP contribution in [0.1, 0.15) is 5.76 Å². The number of amides is 1. The average Bonchev–Trinajstić information content (AvgIpc) is 3.16. The van der Waals surface area contributed by atoms with E-state index in [9.17, 15) is 4.79 Å². The van der Waals surface area contributed by atoms with Crippen LogP contribution < -0.4 is 5.32 Å². The van der Waals surface area contributed by atoms with Crippen LogP contribution in [0.15, 0.2) is 49.0 Å². The number of nitrogens with one attached hydrogen (secondary N) is 1. The fourth-order valence-corrected chi connectivity index (χ4v) is 2.66. The lowest BCUT2D eigenvalue weighted by Crippen LogP contribution is -2.14. The number of benzene rings is 1. The Morgan fingerprint density at radius 2 is 2.17 bits per heavy atom. The van der Waals surface area contributed by atoms with Crippen molar-refractivity contribution in [1.82, 2.24) is 15.4 Å². The third-order valence-electron chi connectivity index (χ3n) is 2.73. The molecule has 7 nitrogen and oxygen atoms in total. The highest BCUT2D eigenvalue weighted by atomic mass is 79.9. The molecule has 23 heavy (non-hydrogen) atoms. The first-order valence-electron chi connectivity index (χ1n) is 6.56. The Morgan fingerprint density at radius 1 is 1.35 bits per heavy atom. The Bertz CT molecular complexity index is 833. The van der Waals surface area contributed by atoms with E-state index in [1.54, 1.807) is 13.0 Å². The van der Waals surface area contributed by atoms with Crippen LogP contribution in [0.25, 0.3) is 11.6 Å². The van der Waals surface area contributed by atoms with Gasteiger partial charge in [-0.05, 0) is 35.0 Å². The Kier molecular flexibility index (Phi) is 4.77. The molecule has 118 valence electrons. The van der Waals surface area contributed by atoms with Crippen LogP contribution in [0.3, 0.4) is 0 Å². The zero-order valence-corrected chi connectivity index (χ0v) is 14.3. The van der Waals surface area contributed by atoms with Crippen molar-refractivity contribution in [1.29, 1.82) is 0 Å². The van der Waals surface area contributed by atoms with E-state index in [0.29, 0.717) is 22.4 Å². The Balaban J connectivity index is 1.57. The Hall–Kier alpha value is -2.13. The zero-order chi connectivity index (χ0) is 16.2. The molecule has 0 saturated heterocycles. The van der Waals surface area contributed by atoms with Crippen molar-refractivity contribution in [2.45, 2.75) is 12.1 Å². The number of para-hydroxylation sites is 1. The zero-order valence-electron chi connectivity index (χ0n) is 11.9. The summed E-state index contributed by atoms with van der Waals surface area (Å²) in [7, 11) is 0. The van der Waals surface area contributed by atoms with Gasteiger partial charge in [0.05, 0.1) is 11.4 Å². The van der Waals surface area contributed by atoms with Gasteiger partial charge in [-0.15, -0.1) is 10.2 Å². The number of carbonyl (C=O) groups is 1. The first-order chi connectivity index (χ1) is 11.1. The molecule has 1 amide bonds. The minimum absolute atomic E-state index is 0.154. The van der Waals surface area contributed by atoms with Crippen molar-refractivity contribution in [2.75, 3.05) is 11.1 Å². The molecule has 9 heteroatoms. The molecule has 3 rings (SSSR count). The number of aromatic nitrogens is 3. The number of hydrogen-bond donors (Lipinski definition) is 1. The van der Waals surface area contributed by atoms with Crippen LogP contribution in [-0.4, -0.2) is 27.0 Å². The summed E-state index contributed by atoms with van der Waals surface area (Å²) in [5, 5.41) is 14.6. The van der Waals surface area contributed by atoms with Crippen molar-refractivity contribution in [2.24, 2.45) is 0 Å². The third kappa shape index (κ3) is 3.99. The highest BCUT2D eigenvalue weighted by Crippen LogP contribution is 2.24. The number of carbonyl (C=O) groups excluding carboxylic acids is 1. The van der Waals surface area contributed by atoms with Crippen LogP contribution in [0.2, 0.25) is 0 Å². The maximum Gasteiger partial charge on any atom is 0.277 e. The van der Waals surface area contributed by atoms with Gasteiger partial charge in [-0.1, -0.05) is 29.1 Å². The fraction of sp³-hybridized carbons (Fsp3) is 0.143. The molecule has 0 aliphatic heterocycles. The molecule has 0 saturated carbocycles. The first-order valence-corrected chi connectivity index (χ1v) is 8.34. The van der Waals surface area contributed by atoms with Crippen LogP contribution in [0.4, 0.5) is 5.69 Å². The smallest absolute Gasteiger partial charge is 0.277 e. The predicted octanol–water partition coefficient (Wildman–Crippen LogP) is 3.53. The minimum Gasteiger partial charge on any atom is -0.409 e. The topological polar surface area (TPSA) is 94.1 Å². The van der Waals surface area contributed by atoms with Gasteiger partial charge in [-0.2, -0.15) is 0 Å². The summed E-state index contributed by atoms with van der Waals surface area (Å²) in [5.74, 6) is 0.899. The number of aryl methyl sites for hydroxylation is 1. The highest BCUT2D eigenvalue weighted by Gasteiger charge is 2.14. The third-order valence-corrected chi connectivity index (χ3v) is 4.24. The first kappa shape index (κ1) is 15.8. The van der Waals surface area contributed by atoms with E-state index in [1.807, 2.05) is 24.3 Å². The van der Waals surface area contributed by atoms with Gasteiger partial charge in [0.15, 0.2) is 5.69 Å². The van der Waals surface area contributed by atoms with Crippen LogP contribution in [0.5, 0.6) is 0 Å². The van der Waals surface area contributed by atoms with Gasteiger partial charge in [-0.25, -0.2) is 0 Å². The van der Waals surface area contributed by atoms with E-state index >= 15 is 0 Å². The van der Waals surface area contributed by atoms with Gasteiger partial charge >= 0.3 is 0 Å². The summed E-state index contributed by atoms with van der Waals surface area (Å²) in [6, 6.07) is 9.08. The summed E-state index contributed by atoms with van der Waals surface area (Å²) in [6.45, 7) is 1.77. The number of thioether (sulfide) groups is 1. The molecule has 0 bridgehead atoms. The molecular formula is C14H11BrN4O3S. The number of anilines is 1. The Labute approximate surface area is 144 Å². The van der Waals surface area contributed by atoms with Crippen LogP contribution in [-0.2, 0) is 4.79 Å². The second-order valence-corrected chi connectivity index (χ2v) is 6.29. The number of nitrogens with zero attached hydrogens (tertiary/aromatic N) is 3. The predicted molar refractivity (Wildman–Crippen MR) is 88.0 cm³/mol. The number of rotatable bonds is 5. The second-order valence-electron chi connectivity index (χ2n) is 4.51. The molecule has 0 atom stereocenters. The maximum atomic E-state index is 11.9. The minimum atomic E-state index is -0.168. The van der Waals surface area contributed by atoms with Crippen molar-refractivity contribution in [3.63, 3.8) is 0 Å². The molecule has 0 aliphatic carbocycles. The second kappa shape index (κ2) is 6.97. The van der Waals surface area contributed by atoms with Gasteiger partial charge in [0.2, 0.25) is 5.91 Å². The van der Waals surface area contributed by atoms with Gasteiger partial charge in [0.1, 0.15) is 5.76 Å². The van der Waals surface area contributed by atoms with E-state index in [4.69, 9.17) is 8.94 Å². The molecule has 1 aromatic carbocycles. The molecule has 0 fully saturated rings. The standard InChI is InChI=1S/C14H11BrN4O3S/c1-8-6-11(19-22-8)13-17-18-14(21-13)23-7-12(20)16-10-5-3-2-4-9(10)15/h2-6H,7H2,1H3,(H,16,20). The van der Waals surface area contributed by atoms with E-state index in [1.165, 1.54) is 0 Å². The lowest BCUT2D eigenvalue weighted by Gasteiger charge is -2.05. The summed E-state index contributed by atoms with van der Waals surface area (Å²) < 4.78 is 11.2. The molecule has 0 spiro atoms. The maximum absolute atomic E-state index is 11.9. The fourth-order valence-electron chi connectivity index (χ4n) is 1.71. The quantitative estimate of drug-likeness (QED) is 0.661. The highest BCUT2D eigenvalue weighted by molar-refractivity contribution is 9.10. The molecule has 2 heterocycles. The van der Waals surface area contributed by atoms with Gasteiger partial charge < -0.3 is 14.3 Å². The summed E-state index contributed by atoms with van der Waals surface area (Å²) in [5.41, 5.74) is 1.18. The molecule has 0 aliphatic rings. The number of hydrogen-bond acceptors (Lipinski definition) is 7. The van der Waals surface area contributed by atoms with Crippen molar-refractivity contribution in [3.8, 4) is 11.6 Å². The van der Waals surface area contributed by atoms with E-state index < -0.39 is 0 Å². The van der Waals surface area contributed by atoms with Crippen LogP contribution >= 0.6 is 27.7 Å². The van der Waals surface area contributed by atoms with Crippen molar-refractivity contribution in [3.05, 3.63) is 40.6 Å². The molecule has 0 unspecified atom stereocenters. The van der Waals surface area contributed by atoms with E-state index in [-0.39, 0.29) is 17.6 Å². The summed E-state index contributed by atoms with van der Waals surface area (Å²) in [4.78, 5) is 11.9. The molecule has 3 aromatic rings. The van der Waals surface area contributed by atoms with Crippen LogP contribution in [0, 0.1) is 6.92 Å². The molecule has 2 aromatic heterocycles. The number of halogens is 1. The van der Waals surface area contributed by atoms with E-state index in [0.717, 1.165) is 16.2 Å². The summed E-state index contributed by atoms with van der Waals surface area (Å²) >= 11 is 4.52. The average molecular weight is 395 g/mol. The lowest BCUT2D eigenvalue weighted by molar-refractivity contribution is -0.113. The van der Waals surface area contributed by atoms with E-state index in [2.05, 4.69) is 36.6 Å². The van der Waals surface area contributed by atoms with Gasteiger partial charge in [0, 0.05) is 10.5 Å². The molecular weight excluding hydrogens is 384 g/mol. The summed E-state index contributed by atoms with van der Waals surface area (Å²) in [6.07, 6.45) is 0. The Morgan fingerprint density at radius 3 is 2.91 bits per heavy atom. The monoisotopic (exact) mass is 394 g/mol. The van der Waals surface area contributed by atoms with Crippen molar-refractivity contribution < 1.29 is 13.7 Å². The van der Waals surface area contributed by atoms with Crippen molar-refractivity contribution >= 4 is 39.3 Å². The largest absolute Gasteiger partial charge is 0.409 e. The lowest BCUT2D eigenvalue weighted by atomic mass is 10.3. The van der Waals surface area contributed by atoms with Gasteiger partial charge in [-0.3, -0.25) is 4.79 Å². The SMILES string of the molecule is Cc1cc(-c2nnc(SCC(=O)Nc3ccccc3Br)o2)no1. The van der Waals surface area contributed by atoms with Gasteiger partial charge in [0.25, 0.3) is 11.1 Å². The molecule has 0 radical (unpaired) electrons. The molecule has 1 N–H and O–H groups in total. The normalized spacial score (nSPS) is 10.7.